The van der Waals surface area contributed by atoms with Gasteiger partial charge in [0.05, 0.1) is 0 Å². The summed E-state index contributed by atoms with van der Waals surface area (Å²) in [6, 6.07) is 0. The molecule has 0 amide bonds. The highest BCUT2D eigenvalue weighted by Crippen LogP contribution is 2.45. The van der Waals surface area contributed by atoms with Crippen molar-refractivity contribution in [3.05, 3.63) is 0 Å². The molecule has 122 valence electrons. The number of unbranched alkanes of at least 4 members (excludes halogenated alkanes) is 1. The maximum atomic E-state index is 12.1. The highest BCUT2D eigenvalue weighted by molar-refractivity contribution is 7.57. The lowest BCUT2D eigenvalue weighted by atomic mass is 9.86. The molecule has 20 heavy (non-hydrogen) atoms. The molecular formula is C14H31O5P. The third kappa shape index (κ3) is 10.8. The van der Waals surface area contributed by atoms with E-state index in [0.717, 1.165) is 6.42 Å². The summed E-state index contributed by atoms with van der Waals surface area (Å²) in [4.78, 5) is 9.95. The van der Waals surface area contributed by atoms with Crippen LogP contribution in [0.5, 0.6) is 0 Å². The van der Waals surface area contributed by atoms with Crippen molar-refractivity contribution in [3.8, 4) is 0 Å². The van der Waals surface area contributed by atoms with Crippen molar-refractivity contribution in [2.75, 3.05) is 12.3 Å². The highest BCUT2D eigenvalue weighted by Gasteiger charge is 2.24. The monoisotopic (exact) mass is 310 g/mol. The molecule has 3 atom stereocenters. The van der Waals surface area contributed by atoms with E-state index >= 15 is 0 Å². The number of aliphatic hydroxyl groups is 3. The maximum Gasteiger partial charge on any atom is 0.200 e. The van der Waals surface area contributed by atoms with Gasteiger partial charge in [0.25, 0.3) is 0 Å². The van der Waals surface area contributed by atoms with Crippen LogP contribution in [0.15, 0.2) is 0 Å². The van der Waals surface area contributed by atoms with E-state index in [-0.39, 0.29) is 23.9 Å². The van der Waals surface area contributed by atoms with Gasteiger partial charge < -0.3 is 20.2 Å². The van der Waals surface area contributed by atoms with Gasteiger partial charge >= 0.3 is 0 Å². The van der Waals surface area contributed by atoms with Crippen LogP contribution in [0.25, 0.3) is 0 Å². The van der Waals surface area contributed by atoms with Gasteiger partial charge in [-0.25, -0.2) is 0 Å². The van der Waals surface area contributed by atoms with Crippen molar-refractivity contribution in [2.24, 2.45) is 11.3 Å². The van der Waals surface area contributed by atoms with Gasteiger partial charge in [0.15, 0.2) is 6.29 Å². The molecule has 0 heterocycles. The lowest BCUT2D eigenvalue weighted by Gasteiger charge is -2.24. The molecule has 0 aromatic carbocycles. The summed E-state index contributed by atoms with van der Waals surface area (Å²) in [5.41, 5.74) is 0.154. The van der Waals surface area contributed by atoms with Crippen molar-refractivity contribution >= 4 is 7.37 Å². The van der Waals surface area contributed by atoms with E-state index in [9.17, 15) is 14.6 Å². The molecule has 3 unspecified atom stereocenters. The first kappa shape index (κ1) is 20.1. The van der Waals surface area contributed by atoms with Gasteiger partial charge in [0.2, 0.25) is 7.37 Å². The van der Waals surface area contributed by atoms with Crippen molar-refractivity contribution in [2.45, 2.75) is 65.8 Å². The van der Waals surface area contributed by atoms with Gasteiger partial charge in [-0.15, -0.1) is 0 Å². The second-order valence-corrected chi connectivity index (χ2v) is 9.60. The van der Waals surface area contributed by atoms with Crippen molar-refractivity contribution in [1.82, 2.24) is 0 Å². The minimum atomic E-state index is -3.13. The van der Waals surface area contributed by atoms with E-state index in [2.05, 4.69) is 20.8 Å². The summed E-state index contributed by atoms with van der Waals surface area (Å²) in [6.07, 6.45) is -0.180. The standard InChI is InChI=1S/C14H31O5P/c1-11(9-14(2,3)4)10-20(18,19)8-6-5-7-12(15)13(16)17/h11-13,15-17H,5-10H2,1-4H3,(H,18,19). The van der Waals surface area contributed by atoms with E-state index in [1.807, 2.05) is 6.92 Å². The van der Waals surface area contributed by atoms with Crippen LogP contribution >= 0.6 is 7.37 Å². The largest absolute Gasteiger partial charge is 0.388 e. The molecule has 0 aliphatic carbocycles. The van der Waals surface area contributed by atoms with Crippen LogP contribution in [0.2, 0.25) is 0 Å². The predicted octanol–water partition coefficient (Wildman–Crippen LogP) is 2.17. The zero-order valence-electron chi connectivity index (χ0n) is 13.1. The van der Waals surface area contributed by atoms with Gasteiger partial charge in [0, 0.05) is 12.3 Å². The molecule has 0 aliphatic rings. The minimum Gasteiger partial charge on any atom is -0.388 e. The Labute approximate surface area is 122 Å². The van der Waals surface area contributed by atoms with Gasteiger partial charge in [-0.1, -0.05) is 34.1 Å². The second kappa shape index (κ2) is 8.50. The fourth-order valence-corrected chi connectivity index (χ4v) is 4.55. The average molecular weight is 310 g/mol. The molecule has 0 aromatic rings. The Morgan fingerprint density at radius 1 is 1.10 bits per heavy atom. The number of hydrogen-bond acceptors (Lipinski definition) is 4. The van der Waals surface area contributed by atoms with Crippen LogP contribution in [-0.2, 0) is 4.57 Å². The third-order valence-corrected chi connectivity index (χ3v) is 5.37. The molecule has 4 N–H and O–H groups in total. The fraction of sp³-hybridized carbons (Fsp3) is 1.00. The lowest BCUT2D eigenvalue weighted by Crippen LogP contribution is -2.24. The molecule has 0 aromatic heterocycles. The molecule has 0 rings (SSSR count). The van der Waals surface area contributed by atoms with E-state index in [0.29, 0.717) is 19.0 Å². The van der Waals surface area contributed by atoms with Crippen LogP contribution in [0.3, 0.4) is 0 Å². The van der Waals surface area contributed by atoms with Gasteiger partial charge in [-0.05, 0) is 30.6 Å². The Kier molecular flexibility index (Phi) is 8.53. The summed E-state index contributed by atoms with van der Waals surface area (Å²) in [7, 11) is -3.13. The summed E-state index contributed by atoms with van der Waals surface area (Å²) in [5, 5.41) is 26.6. The molecule has 6 heteroatoms. The first-order valence-corrected chi connectivity index (χ1v) is 9.31. The molecule has 0 saturated carbocycles. The van der Waals surface area contributed by atoms with Crippen LogP contribution < -0.4 is 0 Å². The van der Waals surface area contributed by atoms with Crippen LogP contribution in [-0.4, -0.2) is 44.9 Å². The molecule has 5 nitrogen and oxygen atoms in total. The molecule has 0 bridgehead atoms. The average Bonchev–Trinajstić information content (AvgIpc) is 2.19. The zero-order chi connectivity index (χ0) is 16.0. The summed E-state index contributed by atoms with van der Waals surface area (Å²) in [6.45, 7) is 8.36. The summed E-state index contributed by atoms with van der Waals surface area (Å²) >= 11 is 0. The fourth-order valence-electron chi connectivity index (χ4n) is 2.55. The molecular weight excluding hydrogens is 279 g/mol. The van der Waals surface area contributed by atoms with Crippen molar-refractivity contribution < 1.29 is 24.8 Å². The Bertz CT molecular complexity index is 311. The lowest BCUT2D eigenvalue weighted by molar-refractivity contribution is -0.124. The first-order chi connectivity index (χ1) is 8.93. The quantitative estimate of drug-likeness (QED) is 0.297. The number of aliphatic hydroxyl groups excluding tert-OH is 2. The maximum absolute atomic E-state index is 12.1. The molecule has 0 aliphatic heterocycles. The molecule has 0 radical (unpaired) electrons. The van der Waals surface area contributed by atoms with E-state index in [1.54, 1.807) is 0 Å². The van der Waals surface area contributed by atoms with Gasteiger partial charge in [0.1, 0.15) is 6.10 Å². The van der Waals surface area contributed by atoms with E-state index in [1.165, 1.54) is 0 Å². The van der Waals surface area contributed by atoms with E-state index < -0.39 is 19.8 Å². The topological polar surface area (TPSA) is 98.0 Å². The number of hydrogen-bond donors (Lipinski definition) is 4. The van der Waals surface area contributed by atoms with Crippen LogP contribution in [0, 0.1) is 11.3 Å². The summed E-state index contributed by atoms with van der Waals surface area (Å²) < 4.78 is 12.1. The molecule has 0 spiro atoms. The molecule has 0 saturated heterocycles. The van der Waals surface area contributed by atoms with Crippen molar-refractivity contribution in [1.29, 1.82) is 0 Å². The Morgan fingerprint density at radius 3 is 2.10 bits per heavy atom. The third-order valence-electron chi connectivity index (χ3n) is 3.16. The van der Waals surface area contributed by atoms with Gasteiger partial charge in [-0.2, -0.15) is 0 Å². The SMILES string of the molecule is CC(CC(C)(C)C)CP(=O)(O)CCCCC(O)C(O)O. The highest BCUT2D eigenvalue weighted by atomic mass is 31.2. The Balaban J connectivity index is 3.99. The van der Waals surface area contributed by atoms with Crippen molar-refractivity contribution in [3.63, 3.8) is 0 Å². The van der Waals surface area contributed by atoms with E-state index in [4.69, 9.17) is 10.2 Å². The Hall–Kier alpha value is 0.0700. The number of rotatable bonds is 9. The normalized spacial score (nSPS) is 18.9. The second-order valence-electron chi connectivity index (χ2n) is 7.10. The van der Waals surface area contributed by atoms with Crippen LogP contribution in [0.1, 0.15) is 53.4 Å². The first-order valence-electron chi connectivity index (χ1n) is 7.28. The minimum absolute atomic E-state index is 0.154. The van der Waals surface area contributed by atoms with Gasteiger partial charge in [-0.3, -0.25) is 4.57 Å². The predicted molar refractivity (Wildman–Crippen MR) is 80.9 cm³/mol. The smallest absolute Gasteiger partial charge is 0.200 e. The zero-order valence-corrected chi connectivity index (χ0v) is 14.0. The Morgan fingerprint density at radius 2 is 1.65 bits per heavy atom. The molecule has 0 fully saturated rings. The van der Waals surface area contributed by atoms with Crippen LogP contribution in [0.4, 0.5) is 0 Å². The summed E-state index contributed by atoms with van der Waals surface area (Å²) in [5.74, 6) is 0.204.